The quantitative estimate of drug-likeness (QED) is 0.308. The molecule has 3 aliphatic heterocycles. The molecule has 11 heteroatoms. The number of hydrogen-bond donors (Lipinski definition) is 2. The summed E-state index contributed by atoms with van der Waals surface area (Å²) in [6.45, 7) is 6.81. The Labute approximate surface area is 313 Å². The average Bonchev–Trinajstić information content (AvgIpc) is 3.48. The molecule has 2 bridgehead atoms. The van der Waals surface area contributed by atoms with Crippen molar-refractivity contribution in [1.82, 2.24) is 9.29 Å². The fraction of sp³-hybridized carbons (Fsp3) is 0.524. The van der Waals surface area contributed by atoms with Gasteiger partial charge in [-0.1, -0.05) is 42.8 Å². The smallest absolute Gasteiger partial charge is 0.286 e. The number of nitrogens with zero attached hydrogens (tertiary/aromatic N) is 3. The number of aryl methyl sites for hydroxylation is 3. The zero-order valence-electron chi connectivity index (χ0n) is 31.1. The number of amides is 2. The lowest BCUT2D eigenvalue weighted by atomic mass is 9.68. The molecule has 1 saturated carbocycles. The molecule has 1 spiro atoms. The summed E-state index contributed by atoms with van der Waals surface area (Å²) in [4.78, 5) is 30.2. The molecule has 2 N–H and O–H groups in total. The number of benzene rings is 2. The van der Waals surface area contributed by atoms with Crippen LogP contribution in [-0.2, 0) is 39.5 Å². The molecule has 7 atom stereocenters. The van der Waals surface area contributed by atoms with E-state index in [1.54, 1.807) is 25.4 Å². The van der Waals surface area contributed by atoms with Crippen molar-refractivity contribution in [3.05, 3.63) is 94.3 Å². The zero-order valence-corrected chi connectivity index (χ0v) is 31.9. The summed E-state index contributed by atoms with van der Waals surface area (Å²) in [5, 5.41) is 10.2. The third-order valence-electron chi connectivity index (χ3n) is 12.4. The molecule has 2 unspecified atom stereocenters. The number of ether oxygens (including phenoxy) is 2. The fourth-order valence-electron chi connectivity index (χ4n) is 9.42. The van der Waals surface area contributed by atoms with E-state index in [4.69, 9.17) is 9.47 Å². The Bertz CT molecular complexity index is 2070. The maximum absolute atomic E-state index is 14.7. The van der Waals surface area contributed by atoms with Crippen LogP contribution in [-0.4, -0.2) is 70.5 Å². The molecule has 8 rings (SSSR count). The summed E-state index contributed by atoms with van der Waals surface area (Å²) in [5.74, 6) is 0.151. The lowest BCUT2D eigenvalue weighted by molar-refractivity contribution is 0.0131. The van der Waals surface area contributed by atoms with Gasteiger partial charge in [0.05, 0.1) is 35.8 Å². The van der Waals surface area contributed by atoms with Crippen LogP contribution in [0, 0.1) is 24.7 Å². The highest BCUT2D eigenvalue weighted by molar-refractivity contribution is 7.92. The molecule has 5 aliphatic rings. The molecule has 4 heterocycles. The van der Waals surface area contributed by atoms with Crippen molar-refractivity contribution in [3.8, 4) is 5.75 Å². The van der Waals surface area contributed by atoms with Crippen LogP contribution in [0.25, 0.3) is 0 Å². The number of hydrogen-bond acceptors (Lipinski definition) is 7. The van der Waals surface area contributed by atoms with Crippen molar-refractivity contribution in [3.63, 3.8) is 0 Å². The van der Waals surface area contributed by atoms with Crippen LogP contribution in [0.4, 0.5) is 5.69 Å². The summed E-state index contributed by atoms with van der Waals surface area (Å²) in [5.41, 5.74) is 6.14. The molecule has 2 aromatic carbocycles. The van der Waals surface area contributed by atoms with E-state index in [2.05, 4.69) is 51.3 Å². The van der Waals surface area contributed by atoms with Gasteiger partial charge in [-0.3, -0.25) is 14.3 Å². The predicted molar refractivity (Wildman–Crippen MR) is 206 cm³/mol. The van der Waals surface area contributed by atoms with E-state index in [0.29, 0.717) is 55.4 Å². The van der Waals surface area contributed by atoms with Gasteiger partial charge in [0.15, 0.2) is 0 Å². The Kier molecular flexibility index (Phi) is 9.78. The van der Waals surface area contributed by atoms with Gasteiger partial charge in [-0.05, 0) is 105 Å². The highest BCUT2D eigenvalue weighted by Gasteiger charge is 2.44. The molecule has 0 radical (unpaired) electrons. The van der Waals surface area contributed by atoms with Gasteiger partial charge in [0.25, 0.3) is 11.8 Å². The van der Waals surface area contributed by atoms with Gasteiger partial charge in [-0.2, -0.15) is 0 Å². The van der Waals surface area contributed by atoms with Crippen LogP contribution in [0.15, 0.2) is 65.2 Å². The van der Waals surface area contributed by atoms with E-state index in [9.17, 15) is 18.9 Å². The largest absolute Gasteiger partial charge is 0.490 e. The van der Waals surface area contributed by atoms with Gasteiger partial charge in [0, 0.05) is 56.0 Å². The van der Waals surface area contributed by atoms with E-state index in [1.807, 2.05) is 23.6 Å². The minimum atomic E-state index is -3.55. The molecule has 1 fully saturated rings. The molecule has 2 amide bonds. The standard InChI is InChI=1S/C42H52N4O6S/c1-27-9-13-36-29(18-27)7-5-16-42(36)25-46-22-31-10-12-35(31)38(51-3)8-4-6-28(2)24-53(50,43-40(48)30-11-14-39(52-26-42)37(46)20-30)44-41(49)32-19-33-21-34(47)15-17-45(33)23-32/h4,8-9,11,13-14,18-20,23,28,31,34-35,38,47H,5-7,10,12,15-17,21-22,24-26H2,1-3H3,(H,43,44,48,49,50)/b8-4+/t28-,31-,34?,35+,38-,42-,53?/m0/s1. The Hall–Kier alpha value is -3.93. The normalized spacial score (nSPS) is 31.8. The van der Waals surface area contributed by atoms with E-state index in [0.717, 1.165) is 62.3 Å². The average molecular weight is 741 g/mol. The second-order valence-electron chi connectivity index (χ2n) is 16.3. The highest BCUT2D eigenvalue weighted by Crippen LogP contribution is 2.47. The number of methoxy groups -OCH3 is 1. The first-order chi connectivity index (χ1) is 25.5. The Morgan fingerprint density at radius 3 is 2.83 bits per heavy atom. The van der Waals surface area contributed by atoms with Crippen LogP contribution >= 0.6 is 0 Å². The van der Waals surface area contributed by atoms with Gasteiger partial charge >= 0.3 is 0 Å². The number of aromatic nitrogens is 1. The molecular weight excluding hydrogens is 689 g/mol. The number of carbonyl (C=O) groups is 2. The van der Waals surface area contributed by atoms with Gasteiger partial charge in [-0.25, -0.2) is 4.21 Å². The van der Waals surface area contributed by atoms with Crippen LogP contribution in [0.1, 0.15) is 88.5 Å². The summed E-state index contributed by atoms with van der Waals surface area (Å²) in [6, 6.07) is 14.0. The van der Waals surface area contributed by atoms with Gasteiger partial charge in [-0.15, -0.1) is 4.36 Å². The summed E-state index contributed by atoms with van der Waals surface area (Å²) in [6.07, 6.45) is 12.4. The van der Waals surface area contributed by atoms with Crippen molar-refractivity contribution in [2.24, 2.45) is 22.1 Å². The molecule has 1 aromatic heterocycles. The monoisotopic (exact) mass is 740 g/mol. The van der Waals surface area contributed by atoms with Gasteiger partial charge < -0.3 is 24.0 Å². The van der Waals surface area contributed by atoms with Crippen molar-refractivity contribution < 1.29 is 28.4 Å². The van der Waals surface area contributed by atoms with Crippen molar-refractivity contribution in [2.75, 3.05) is 37.5 Å². The first-order valence-corrected chi connectivity index (χ1v) is 21.0. The van der Waals surface area contributed by atoms with Crippen molar-refractivity contribution >= 4 is 27.4 Å². The lowest BCUT2D eigenvalue weighted by Crippen LogP contribution is -2.49. The van der Waals surface area contributed by atoms with Crippen LogP contribution < -0.4 is 14.4 Å². The number of aliphatic hydroxyl groups is 1. The topological polar surface area (TPSA) is 122 Å². The number of anilines is 1. The number of carbonyl (C=O) groups excluding carboxylic acids is 2. The van der Waals surface area contributed by atoms with E-state index in [-0.39, 0.29) is 23.2 Å². The first-order valence-electron chi connectivity index (χ1n) is 19.3. The molecule has 53 heavy (non-hydrogen) atoms. The van der Waals surface area contributed by atoms with Crippen LogP contribution in [0.3, 0.4) is 0 Å². The number of aliphatic hydroxyl groups excluding tert-OH is 1. The molecule has 0 saturated heterocycles. The number of rotatable bonds is 3. The van der Waals surface area contributed by atoms with Crippen molar-refractivity contribution in [1.29, 1.82) is 0 Å². The second-order valence-corrected chi connectivity index (χ2v) is 18.3. The predicted octanol–water partition coefficient (Wildman–Crippen LogP) is 6.17. The van der Waals surface area contributed by atoms with E-state index < -0.39 is 27.8 Å². The maximum atomic E-state index is 14.7. The Morgan fingerprint density at radius 2 is 2.02 bits per heavy atom. The molecule has 282 valence electrons. The molecule has 3 aromatic rings. The van der Waals surface area contributed by atoms with E-state index >= 15 is 0 Å². The summed E-state index contributed by atoms with van der Waals surface area (Å²) in [7, 11) is -1.77. The first kappa shape index (κ1) is 36.1. The fourth-order valence-corrected chi connectivity index (χ4v) is 11.3. The van der Waals surface area contributed by atoms with Crippen LogP contribution in [0.2, 0.25) is 0 Å². The number of fused-ring (bicyclic) bond motifs is 5. The zero-order chi connectivity index (χ0) is 36.9. The third-order valence-corrected chi connectivity index (χ3v) is 14.3. The summed E-state index contributed by atoms with van der Waals surface area (Å²) >= 11 is 0. The number of allylic oxidation sites excluding steroid dienone is 1. The van der Waals surface area contributed by atoms with Gasteiger partial charge in [0.1, 0.15) is 15.7 Å². The minimum Gasteiger partial charge on any atom is -0.490 e. The van der Waals surface area contributed by atoms with Crippen LogP contribution in [0.5, 0.6) is 5.75 Å². The third kappa shape index (κ3) is 7.20. The molecule has 10 nitrogen and oxygen atoms in total. The lowest BCUT2D eigenvalue weighted by Gasteiger charge is -2.46. The van der Waals surface area contributed by atoms with Gasteiger partial charge in [0.2, 0.25) is 0 Å². The summed E-state index contributed by atoms with van der Waals surface area (Å²) < 4.78 is 36.4. The Balaban J connectivity index is 1.18. The Morgan fingerprint density at radius 1 is 1.15 bits per heavy atom. The maximum Gasteiger partial charge on any atom is 0.286 e. The molecular formula is C42H52N4O6S. The SMILES string of the molecule is CO[C@H]1/C=C/C[C@H](C)CS(=O)(NC(=O)c2cc3n(c2)CCC(O)C3)=NC(=O)c2ccc3c(c2)N(C[C@@H]2CC[C@H]21)C[C@@]1(CCCc2cc(C)ccc21)CO3. The van der Waals surface area contributed by atoms with E-state index in [1.165, 1.54) is 16.7 Å². The highest BCUT2D eigenvalue weighted by atomic mass is 32.2. The minimum absolute atomic E-state index is 0.00633. The number of nitrogens with one attached hydrogen (secondary N) is 1. The second kappa shape index (κ2) is 14.4. The molecule has 2 aliphatic carbocycles. The van der Waals surface area contributed by atoms with Crippen molar-refractivity contribution in [2.45, 2.75) is 89.4 Å².